The van der Waals surface area contributed by atoms with Crippen LogP contribution < -0.4 is 15.1 Å². The first kappa shape index (κ1) is 20.3. The molecule has 0 amide bonds. The first-order valence-electron chi connectivity index (χ1n) is 9.99. The first-order valence-corrected chi connectivity index (χ1v) is 10.4. The van der Waals surface area contributed by atoms with Crippen LogP contribution >= 0.6 is 11.6 Å². The van der Waals surface area contributed by atoms with E-state index in [-0.39, 0.29) is 28.0 Å². The smallest absolute Gasteiger partial charge is 0.449 e. The minimum atomic E-state index is -1.68. The van der Waals surface area contributed by atoms with Crippen molar-refractivity contribution in [3.8, 4) is 5.75 Å². The zero-order chi connectivity index (χ0) is 22.0. The van der Waals surface area contributed by atoms with Crippen LogP contribution in [0.4, 0.5) is 19.3 Å². The number of hydrogen-bond donors (Lipinski definition) is 1. The van der Waals surface area contributed by atoms with E-state index in [0.29, 0.717) is 13.1 Å². The molecule has 7 nitrogen and oxygen atoms in total. The summed E-state index contributed by atoms with van der Waals surface area (Å²) in [6.45, 7) is 2.82. The molecular formula is C21H20ClF2N3O4. The van der Waals surface area contributed by atoms with Gasteiger partial charge in [0, 0.05) is 32.6 Å². The van der Waals surface area contributed by atoms with Crippen molar-refractivity contribution in [1.29, 1.82) is 0 Å². The Morgan fingerprint density at radius 2 is 2.00 bits per heavy atom. The number of ether oxygens (including phenoxy) is 1. The Balaban J connectivity index is 1.65. The second-order valence-electron chi connectivity index (χ2n) is 8.38. The number of alkyl halides is 1. The van der Waals surface area contributed by atoms with Gasteiger partial charge in [0.2, 0.25) is 5.43 Å². The van der Waals surface area contributed by atoms with Crippen LogP contribution in [0.1, 0.15) is 18.9 Å². The standard InChI is InChI=1S/C21H20ClF2N3O4/c1-25-3-2-10-7-26(8-11(10)6-25)19-14(24)4-12-18(17(19)22)27(15-5-13(15)23)9-16(20(12)28)31-21(29)30/h4,9,13,15H,2-3,5-8H2,1H3,(H,29,30)/t13-,15-/m1/s1. The number of benzene rings is 1. The fourth-order valence-electron chi connectivity index (χ4n) is 4.61. The maximum Gasteiger partial charge on any atom is 0.511 e. The highest BCUT2D eigenvalue weighted by molar-refractivity contribution is 6.38. The van der Waals surface area contributed by atoms with E-state index in [0.717, 1.165) is 31.8 Å². The number of aromatic nitrogens is 1. The van der Waals surface area contributed by atoms with Crippen molar-refractivity contribution in [3.63, 3.8) is 0 Å². The van der Waals surface area contributed by atoms with Gasteiger partial charge in [-0.3, -0.25) is 4.79 Å². The molecule has 0 saturated heterocycles. The monoisotopic (exact) mass is 451 g/mol. The highest BCUT2D eigenvalue weighted by atomic mass is 35.5. The number of carbonyl (C=O) groups is 1. The van der Waals surface area contributed by atoms with Gasteiger partial charge in [0.1, 0.15) is 12.0 Å². The van der Waals surface area contributed by atoms with E-state index in [1.54, 1.807) is 0 Å². The lowest BCUT2D eigenvalue weighted by Crippen LogP contribution is -2.28. The highest BCUT2D eigenvalue weighted by Crippen LogP contribution is 2.45. The molecule has 10 heteroatoms. The summed E-state index contributed by atoms with van der Waals surface area (Å²) in [6, 6.07) is 0.428. The summed E-state index contributed by atoms with van der Waals surface area (Å²) in [5, 5.41) is 8.80. The lowest BCUT2D eigenvalue weighted by Gasteiger charge is -2.24. The van der Waals surface area contributed by atoms with Crippen molar-refractivity contribution in [2.75, 3.05) is 38.1 Å². The van der Waals surface area contributed by atoms with Gasteiger partial charge >= 0.3 is 6.16 Å². The van der Waals surface area contributed by atoms with E-state index in [2.05, 4.69) is 9.64 Å². The summed E-state index contributed by atoms with van der Waals surface area (Å²) in [7, 11) is 2.04. The molecule has 5 rings (SSSR count). The van der Waals surface area contributed by atoms with Crippen molar-refractivity contribution < 1.29 is 23.4 Å². The molecule has 1 fully saturated rings. The Morgan fingerprint density at radius 3 is 2.68 bits per heavy atom. The van der Waals surface area contributed by atoms with E-state index in [1.165, 1.54) is 15.7 Å². The Morgan fingerprint density at radius 1 is 1.29 bits per heavy atom. The number of nitrogens with zero attached hydrogens (tertiary/aromatic N) is 3. The van der Waals surface area contributed by atoms with E-state index < -0.39 is 35.4 Å². The molecule has 0 radical (unpaired) electrons. The molecule has 1 aliphatic carbocycles. The largest absolute Gasteiger partial charge is 0.511 e. The van der Waals surface area contributed by atoms with Crippen LogP contribution in [-0.4, -0.2) is 60.1 Å². The van der Waals surface area contributed by atoms with Crippen LogP contribution in [0.3, 0.4) is 0 Å². The molecule has 3 aliphatic rings. The predicted molar refractivity (Wildman–Crippen MR) is 112 cm³/mol. The van der Waals surface area contributed by atoms with Gasteiger partial charge in [-0.25, -0.2) is 13.6 Å². The van der Waals surface area contributed by atoms with Crippen molar-refractivity contribution in [1.82, 2.24) is 9.47 Å². The van der Waals surface area contributed by atoms with Crippen LogP contribution in [0.15, 0.2) is 28.2 Å². The van der Waals surface area contributed by atoms with Gasteiger partial charge in [0.05, 0.1) is 33.9 Å². The van der Waals surface area contributed by atoms with Crippen LogP contribution in [0.2, 0.25) is 5.02 Å². The molecule has 1 saturated carbocycles. The Kier molecular flexibility index (Phi) is 4.71. The average Bonchev–Trinajstić information content (AvgIpc) is 3.27. The quantitative estimate of drug-likeness (QED) is 0.568. The minimum absolute atomic E-state index is 0.0151. The Hall–Kier alpha value is -2.65. The number of halogens is 3. The van der Waals surface area contributed by atoms with E-state index >= 15 is 4.39 Å². The molecule has 1 N–H and O–H groups in total. The van der Waals surface area contributed by atoms with Crippen molar-refractivity contribution in [2.45, 2.75) is 25.1 Å². The fraction of sp³-hybridized carbons (Fsp3) is 0.429. The maximum atomic E-state index is 15.3. The van der Waals surface area contributed by atoms with Crippen molar-refractivity contribution >= 4 is 34.3 Å². The van der Waals surface area contributed by atoms with Gasteiger partial charge in [0.25, 0.3) is 0 Å². The normalized spacial score (nSPS) is 23.4. The maximum absolute atomic E-state index is 15.3. The number of pyridine rings is 1. The van der Waals surface area contributed by atoms with E-state index in [4.69, 9.17) is 16.7 Å². The average molecular weight is 452 g/mol. The van der Waals surface area contributed by atoms with Gasteiger partial charge in [0.15, 0.2) is 5.75 Å². The van der Waals surface area contributed by atoms with E-state index in [1.807, 2.05) is 11.9 Å². The lowest BCUT2D eigenvalue weighted by atomic mass is 10.0. The summed E-state index contributed by atoms with van der Waals surface area (Å²) in [5.41, 5.74) is 2.05. The summed E-state index contributed by atoms with van der Waals surface area (Å²) < 4.78 is 35.2. The van der Waals surface area contributed by atoms with Crippen LogP contribution in [0.25, 0.3) is 10.9 Å². The summed E-state index contributed by atoms with van der Waals surface area (Å²) >= 11 is 6.66. The molecule has 0 bridgehead atoms. The third-order valence-electron chi connectivity index (χ3n) is 6.22. The highest BCUT2D eigenvalue weighted by Gasteiger charge is 2.41. The number of hydrogen-bond acceptors (Lipinski definition) is 5. The van der Waals surface area contributed by atoms with Crippen molar-refractivity contribution in [2.24, 2.45) is 0 Å². The number of carboxylic acid groups (broad SMARTS) is 1. The molecule has 1 aromatic carbocycles. The van der Waals surface area contributed by atoms with Gasteiger partial charge in [-0.15, -0.1) is 0 Å². The summed E-state index contributed by atoms with van der Waals surface area (Å²) in [6.07, 6.45) is -0.596. The second kappa shape index (κ2) is 7.20. The zero-order valence-electron chi connectivity index (χ0n) is 16.7. The predicted octanol–water partition coefficient (Wildman–Crippen LogP) is 3.59. The minimum Gasteiger partial charge on any atom is -0.449 e. The van der Waals surface area contributed by atoms with Crippen molar-refractivity contribution in [3.05, 3.63) is 44.5 Å². The third-order valence-corrected chi connectivity index (χ3v) is 6.58. The van der Waals surface area contributed by atoms with E-state index in [9.17, 15) is 14.0 Å². The Labute approximate surface area is 181 Å². The number of likely N-dealkylation sites (N-methyl/N-ethyl adjacent to an activating group) is 1. The van der Waals surface area contributed by atoms with Gasteiger partial charge in [-0.05, 0) is 30.7 Å². The molecule has 2 aromatic rings. The van der Waals surface area contributed by atoms with Gasteiger partial charge < -0.3 is 24.2 Å². The fourth-order valence-corrected chi connectivity index (χ4v) is 5.02. The first-order chi connectivity index (χ1) is 14.7. The molecule has 2 aliphatic heterocycles. The van der Waals surface area contributed by atoms with Crippen LogP contribution in [-0.2, 0) is 0 Å². The van der Waals surface area contributed by atoms with Gasteiger partial charge in [-0.1, -0.05) is 11.6 Å². The van der Waals surface area contributed by atoms with Crippen LogP contribution in [0, 0.1) is 5.82 Å². The molecule has 0 spiro atoms. The number of anilines is 1. The zero-order valence-corrected chi connectivity index (χ0v) is 17.5. The third kappa shape index (κ3) is 3.36. The number of rotatable bonds is 3. The van der Waals surface area contributed by atoms with Crippen LogP contribution in [0.5, 0.6) is 5.75 Å². The molecule has 164 valence electrons. The second-order valence-corrected chi connectivity index (χ2v) is 8.76. The number of fused-ring (bicyclic) bond motifs is 1. The van der Waals surface area contributed by atoms with Gasteiger partial charge in [-0.2, -0.15) is 0 Å². The Bertz CT molecular complexity index is 1210. The topological polar surface area (TPSA) is 75.0 Å². The molecule has 2 atom stereocenters. The SMILES string of the molecule is CN1CCC2=C(C1)CN(c1c(F)cc3c(=O)c(OC(=O)O)cn([C@@H]4C[C@H]4F)c3c1Cl)C2. The molecule has 3 heterocycles. The lowest BCUT2D eigenvalue weighted by molar-refractivity contribution is 0.143. The summed E-state index contributed by atoms with van der Waals surface area (Å²) in [5.74, 6) is -1.20. The summed E-state index contributed by atoms with van der Waals surface area (Å²) in [4.78, 5) is 27.8. The molecular weight excluding hydrogens is 432 g/mol. The molecule has 31 heavy (non-hydrogen) atoms. The molecule has 0 unspecified atom stereocenters. The molecule has 1 aromatic heterocycles.